The molecule has 5 atom stereocenters. The minimum atomic E-state index is -0.384. The summed E-state index contributed by atoms with van der Waals surface area (Å²) in [6, 6.07) is 16.6. The molecule has 4 fully saturated rings. The fraction of sp³-hybridized carbons (Fsp3) is 0.587. The second-order valence-corrected chi connectivity index (χ2v) is 18.0. The maximum atomic E-state index is 16.2. The smallest absolute Gasteiger partial charge is 0.313 e. The number of aliphatic imine (C=N–C) groups is 1. The first-order valence-electron chi connectivity index (χ1n) is 22.0. The Bertz CT molecular complexity index is 2130. The molecule has 0 bridgehead atoms. The number of carbonyl (C=O) groups is 1. The summed E-state index contributed by atoms with van der Waals surface area (Å²) in [4.78, 5) is 36.5. The van der Waals surface area contributed by atoms with E-state index in [0.717, 1.165) is 105 Å². The van der Waals surface area contributed by atoms with E-state index in [4.69, 9.17) is 14.5 Å². The number of amides is 1. The van der Waals surface area contributed by atoms with Gasteiger partial charge in [0.05, 0.1) is 23.7 Å². The number of nitriles is 1. The minimum Gasteiger partial charge on any atom is -0.495 e. The topological polar surface area (TPSA) is 148 Å². The fourth-order valence-electron chi connectivity index (χ4n) is 10.5. The van der Waals surface area contributed by atoms with Gasteiger partial charge in [-0.3, -0.25) is 9.79 Å². The molecule has 60 heavy (non-hydrogen) atoms. The summed E-state index contributed by atoms with van der Waals surface area (Å²) in [7, 11) is 1.54. The van der Waals surface area contributed by atoms with Gasteiger partial charge in [0, 0.05) is 43.4 Å². The summed E-state index contributed by atoms with van der Waals surface area (Å²) in [5.74, 6) is 2.14. The van der Waals surface area contributed by atoms with E-state index < -0.39 is 0 Å². The van der Waals surface area contributed by atoms with E-state index in [1.807, 2.05) is 26.0 Å². The molecule has 2 saturated carbocycles. The Balaban J connectivity index is 0.830. The summed E-state index contributed by atoms with van der Waals surface area (Å²) in [5, 5.41) is 21.2. The maximum absolute atomic E-state index is 16.2. The lowest BCUT2D eigenvalue weighted by Gasteiger charge is -2.37. The third-order valence-corrected chi connectivity index (χ3v) is 14.3. The maximum Gasteiger partial charge on any atom is 0.313 e. The van der Waals surface area contributed by atoms with Crippen molar-refractivity contribution in [3.63, 3.8) is 0 Å². The van der Waals surface area contributed by atoms with Gasteiger partial charge in [-0.2, -0.15) is 5.26 Å². The molecular formula is C46H59FN9O4+. The second-order valence-electron chi connectivity index (χ2n) is 18.0. The number of fused-ring (bicyclic) bond motifs is 1. The third-order valence-electron chi connectivity index (χ3n) is 14.3. The Kier molecular flexibility index (Phi) is 12.1. The van der Waals surface area contributed by atoms with Crippen LogP contribution in [-0.4, -0.2) is 88.8 Å². The van der Waals surface area contributed by atoms with E-state index in [2.05, 4.69) is 56.7 Å². The van der Waals surface area contributed by atoms with E-state index in [9.17, 15) is 15.0 Å². The number of benzene rings is 2. The van der Waals surface area contributed by atoms with Crippen LogP contribution in [0.3, 0.4) is 0 Å². The minimum absolute atomic E-state index is 0.0239. The first-order valence-corrected chi connectivity index (χ1v) is 22.0. The molecule has 8 rings (SSSR count). The number of rotatable bonds is 10. The van der Waals surface area contributed by atoms with Gasteiger partial charge in [0.2, 0.25) is 0 Å². The van der Waals surface area contributed by atoms with E-state index >= 15 is 4.39 Å². The van der Waals surface area contributed by atoms with Crippen molar-refractivity contribution in [1.82, 2.24) is 25.8 Å². The van der Waals surface area contributed by atoms with Gasteiger partial charge in [-0.25, -0.2) is 9.29 Å². The molecule has 2 aromatic carbocycles. The van der Waals surface area contributed by atoms with Crippen LogP contribution in [0, 0.1) is 39.3 Å². The van der Waals surface area contributed by atoms with Crippen molar-refractivity contribution in [2.75, 3.05) is 31.6 Å². The monoisotopic (exact) mass is 820 g/mol. The molecule has 2 N–H and O–H groups in total. The summed E-state index contributed by atoms with van der Waals surface area (Å²) in [5.41, 5.74) is 6.46. The van der Waals surface area contributed by atoms with Crippen LogP contribution in [0.4, 0.5) is 10.2 Å². The Morgan fingerprint density at radius 3 is 2.53 bits per heavy atom. The molecule has 1 spiro atoms. The number of nitrogens with zero attached hydrogens (tertiary/aromatic N) is 7. The molecule has 2 aliphatic carbocycles. The molecule has 0 radical (unpaired) electrons. The van der Waals surface area contributed by atoms with Crippen molar-refractivity contribution >= 4 is 17.4 Å². The number of methoxy groups -OCH3 is 1. The quantitative estimate of drug-likeness (QED) is 0.200. The van der Waals surface area contributed by atoms with Gasteiger partial charge in [-0.05, 0) is 130 Å². The average molecular weight is 821 g/mol. The number of aromatic nitrogens is 2. The molecule has 14 heteroatoms. The molecule has 4 unspecified atom stereocenters. The summed E-state index contributed by atoms with van der Waals surface area (Å²) < 4.78 is 27.6. The molecule has 1 aromatic heterocycles. The Morgan fingerprint density at radius 2 is 1.85 bits per heavy atom. The number of nitroso groups, excluding NO2 is 1. The van der Waals surface area contributed by atoms with Crippen molar-refractivity contribution in [3.05, 3.63) is 81.6 Å². The van der Waals surface area contributed by atoms with Crippen molar-refractivity contribution in [3.8, 4) is 17.6 Å². The number of nitrogens with one attached hydrogen (secondary N) is 2. The number of halogens is 1. The lowest BCUT2D eigenvalue weighted by Crippen LogP contribution is -2.45. The second kappa shape index (κ2) is 17.4. The van der Waals surface area contributed by atoms with Gasteiger partial charge >= 0.3 is 6.17 Å². The molecule has 3 aliphatic heterocycles. The van der Waals surface area contributed by atoms with Crippen LogP contribution >= 0.6 is 0 Å². The summed E-state index contributed by atoms with van der Waals surface area (Å²) in [6.07, 6.45) is 8.66. The van der Waals surface area contributed by atoms with Crippen molar-refractivity contribution in [2.24, 2.45) is 22.2 Å². The van der Waals surface area contributed by atoms with Gasteiger partial charge in [0.25, 0.3) is 5.91 Å². The highest BCUT2D eigenvalue weighted by Gasteiger charge is 2.52. The van der Waals surface area contributed by atoms with Gasteiger partial charge in [0.1, 0.15) is 40.5 Å². The SMILES string of the molecule is CCC(C)C1CN2C(C)N[N+](=O)C2[C@H](C)N=C1c1ccc(C2CCC3(CC2)CCN(c2ccc(C(=O)NC4CCC(Oc5ccc(C#N)c(OC)c5)CC4)nn2)C3)c(F)c1. The summed E-state index contributed by atoms with van der Waals surface area (Å²) in [6.45, 7) is 10.9. The zero-order valence-electron chi connectivity index (χ0n) is 35.6. The number of ether oxygens (including phenoxy) is 2. The van der Waals surface area contributed by atoms with Crippen molar-refractivity contribution < 1.29 is 23.5 Å². The van der Waals surface area contributed by atoms with Gasteiger partial charge in [-0.1, -0.05) is 32.4 Å². The van der Waals surface area contributed by atoms with Gasteiger partial charge < -0.3 is 19.7 Å². The summed E-state index contributed by atoms with van der Waals surface area (Å²) >= 11 is 0. The van der Waals surface area contributed by atoms with Crippen molar-refractivity contribution in [2.45, 2.75) is 128 Å². The van der Waals surface area contributed by atoms with Gasteiger partial charge in [0.15, 0.2) is 11.5 Å². The number of hydrazine groups is 1. The highest BCUT2D eigenvalue weighted by Crippen LogP contribution is 2.49. The normalized spacial score (nSPS) is 29.8. The molecular weight excluding hydrogens is 762 g/mol. The van der Waals surface area contributed by atoms with Crippen LogP contribution in [0.2, 0.25) is 0 Å². The van der Waals surface area contributed by atoms with E-state index in [0.29, 0.717) is 35.2 Å². The lowest BCUT2D eigenvalue weighted by atomic mass is 9.68. The number of hydrogen-bond acceptors (Lipinski definition) is 10. The molecule has 5 aliphatic rings. The fourth-order valence-corrected chi connectivity index (χ4v) is 10.5. The highest BCUT2D eigenvalue weighted by atomic mass is 19.1. The van der Waals surface area contributed by atoms with E-state index in [1.165, 1.54) is 7.11 Å². The lowest BCUT2D eigenvalue weighted by molar-refractivity contribution is -0.630. The van der Waals surface area contributed by atoms with E-state index in [1.54, 1.807) is 30.3 Å². The number of hydrogen-bond donors (Lipinski definition) is 2. The average Bonchev–Trinajstić information content (AvgIpc) is 3.75. The Labute approximate surface area is 352 Å². The third kappa shape index (κ3) is 8.42. The van der Waals surface area contributed by atoms with Crippen LogP contribution in [0.5, 0.6) is 11.5 Å². The van der Waals surface area contributed by atoms with Crippen LogP contribution in [0.15, 0.2) is 53.5 Å². The molecule has 318 valence electrons. The Morgan fingerprint density at radius 1 is 1.07 bits per heavy atom. The van der Waals surface area contributed by atoms with Crippen LogP contribution in [0.1, 0.15) is 125 Å². The predicted molar refractivity (Wildman–Crippen MR) is 226 cm³/mol. The van der Waals surface area contributed by atoms with Gasteiger partial charge in [-0.15, -0.1) is 15.6 Å². The predicted octanol–water partition coefficient (Wildman–Crippen LogP) is 7.29. The first kappa shape index (κ1) is 41.6. The van der Waals surface area contributed by atoms with Crippen LogP contribution in [0.25, 0.3) is 0 Å². The standard InChI is InChI=1S/C46H58FN9O4/c1-6-28(2)38-26-55-30(4)53-56(58)45(55)29(3)49-43(38)32-8-14-37(39(47)23-32)31-17-19-46(20-18-31)21-22-54(27-46)42-16-15-40(51-52-42)44(57)50-34-9-12-35(13-10-34)60-36-11-7-33(25-48)41(24-36)59-5/h7-8,11,14-16,23-24,28-31,34-35,38,45H,6,9-10,12-13,17-22,26-27H2,1-5H3,(H-,50,53,57,58)/p+1/t28?,29-,30?,31?,34?,35?,38?,45?,46?/m0/s1. The first-order chi connectivity index (χ1) is 29.0. The molecule has 3 aromatic rings. The Hall–Kier alpha value is -5.16. The molecule has 13 nitrogen and oxygen atoms in total. The van der Waals surface area contributed by atoms with E-state index in [-0.39, 0.29) is 59.5 Å². The largest absolute Gasteiger partial charge is 0.495 e. The highest BCUT2D eigenvalue weighted by molar-refractivity contribution is 6.03. The zero-order valence-corrected chi connectivity index (χ0v) is 35.6. The number of carbonyl (C=O) groups excluding carboxylic acids is 1. The zero-order chi connectivity index (χ0) is 42.1. The number of anilines is 1. The van der Waals surface area contributed by atoms with Crippen LogP contribution < -0.4 is 25.1 Å². The molecule has 4 heterocycles. The van der Waals surface area contributed by atoms with Crippen molar-refractivity contribution in [1.29, 1.82) is 5.26 Å². The molecule has 1 amide bonds. The van der Waals surface area contributed by atoms with Crippen LogP contribution in [-0.2, 0) is 0 Å². The molecule has 2 saturated heterocycles.